The van der Waals surface area contributed by atoms with Crippen molar-refractivity contribution in [1.29, 1.82) is 0 Å². The van der Waals surface area contributed by atoms with Gasteiger partial charge in [0, 0.05) is 17.9 Å². The Morgan fingerprint density at radius 2 is 1.86 bits per heavy atom. The molecule has 0 atom stereocenters. The van der Waals surface area contributed by atoms with Gasteiger partial charge in [0.25, 0.3) is 0 Å². The molecule has 4 nitrogen and oxygen atoms in total. The third kappa shape index (κ3) is 3.38. The summed E-state index contributed by atoms with van der Waals surface area (Å²) in [6.45, 7) is 1.82. The maximum absolute atomic E-state index is 13.1. The molecule has 0 bridgehead atoms. The van der Waals surface area contributed by atoms with Crippen molar-refractivity contribution in [2.45, 2.75) is 13.0 Å². The SMILES string of the molecule is O=C(Nc1cccc(F)c1)Nc1ccc2c(c1)CCNC2. The zero-order valence-electron chi connectivity index (χ0n) is 11.4. The van der Waals surface area contributed by atoms with Crippen LogP contribution in [0.15, 0.2) is 42.5 Å². The molecule has 2 amide bonds. The average Bonchev–Trinajstić information content (AvgIpc) is 2.47. The Balaban J connectivity index is 1.67. The molecule has 3 N–H and O–H groups in total. The minimum Gasteiger partial charge on any atom is -0.312 e. The summed E-state index contributed by atoms with van der Waals surface area (Å²) < 4.78 is 13.1. The van der Waals surface area contributed by atoms with Gasteiger partial charge in [0.2, 0.25) is 0 Å². The third-order valence-electron chi connectivity index (χ3n) is 3.43. The van der Waals surface area contributed by atoms with Crippen molar-refractivity contribution >= 4 is 17.4 Å². The number of benzene rings is 2. The molecule has 2 aromatic carbocycles. The number of hydrogen-bond acceptors (Lipinski definition) is 2. The number of anilines is 2. The monoisotopic (exact) mass is 285 g/mol. The lowest BCUT2D eigenvalue weighted by atomic mass is 10.0. The normalized spacial score (nSPS) is 13.4. The van der Waals surface area contributed by atoms with Crippen LogP contribution in [0.3, 0.4) is 0 Å². The van der Waals surface area contributed by atoms with Crippen LogP contribution in [0.2, 0.25) is 0 Å². The molecule has 21 heavy (non-hydrogen) atoms. The lowest BCUT2D eigenvalue weighted by molar-refractivity contribution is 0.262. The van der Waals surface area contributed by atoms with E-state index in [-0.39, 0.29) is 11.8 Å². The molecule has 1 aliphatic heterocycles. The zero-order valence-corrected chi connectivity index (χ0v) is 11.4. The molecule has 108 valence electrons. The second kappa shape index (κ2) is 5.93. The molecule has 0 fully saturated rings. The molecule has 1 heterocycles. The minimum absolute atomic E-state index is 0.380. The van der Waals surface area contributed by atoms with E-state index in [1.807, 2.05) is 18.2 Å². The molecule has 3 rings (SSSR count). The Labute approximate surface area is 122 Å². The molecule has 0 aliphatic carbocycles. The largest absolute Gasteiger partial charge is 0.323 e. The predicted octanol–water partition coefficient (Wildman–Crippen LogP) is 3.12. The fourth-order valence-electron chi connectivity index (χ4n) is 2.41. The topological polar surface area (TPSA) is 53.2 Å². The number of amides is 2. The van der Waals surface area contributed by atoms with Crippen molar-refractivity contribution in [3.05, 3.63) is 59.4 Å². The number of carbonyl (C=O) groups excluding carboxylic acids is 1. The highest BCUT2D eigenvalue weighted by Gasteiger charge is 2.10. The van der Waals surface area contributed by atoms with Crippen LogP contribution in [0.1, 0.15) is 11.1 Å². The Morgan fingerprint density at radius 3 is 2.67 bits per heavy atom. The average molecular weight is 285 g/mol. The van der Waals surface area contributed by atoms with Crippen molar-refractivity contribution in [1.82, 2.24) is 5.32 Å². The van der Waals surface area contributed by atoms with Crippen molar-refractivity contribution in [2.24, 2.45) is 0 Å². The second-order valence-corrected chi connectivity index (χ2v) is 5.00. The van der Waals surface area contributed by atoms with Crippen LogP contribution in [0, 0.1) is 5.82 Å². The lowest BCUT2D eigenvalue weighted by Crippen LogP contribution is -2.24. The summed E-state index contributed by atoms with van der Waals surface area (Å²) in [6.07, 6.45) is 0.955. The van der Waals surface area contributed by atoms with Gasteiger partial charge in [0.05, 0.1) is 0 Å². The van der Waals surface area contributed by atoms with Crippen LogP contribution < -0.4 is 16.0 Å². The van der Waals surface area contributed by atoms with Gasteiger partial charge >= 0.3 is 6.03 Å². The van der Waals surface area contributed by atoms with Crippen molar-refractivity contribution in [3.63, 3.8) is 0 Å². The summed E-state index contributed by atoms with van der Waals surface area (Å²) >= 11 is 0. The Hall–Kier alpha value is -2.40. The van der Waals surface area contributed by atoms with Gasteiger partial charge in [-0.25, -0.2) is 9.18 Å². The van der Waals surface area contributed by atoms with E-state index in [0.29, 0.717) is 5.69 Å². The molecule has 1 aliphatic rings. The molecule has 0 aromatic heterocycles. The third-order valence-corrected chi connectivity index (χ3v) is 3.43. The summed E-state index contributed by atoms with van der Waals surface area (Å²) in [6, 6.07) is 11.3. The van der Waals surface area contributed by atoms with Crippen LogP contribution in [0.5, 0.6) is 0 Å². The molecular weight excluding hydrogens is 269 g/mol. The van der Waals surface area contributed by atoms with E-state index in [1.165, 1.54) is 23.3 Å². The molecule has 0 spiro atoms. The van der Waals surface area contributed by atoms with Crippen LogP contribution in [0.25, 0.3) is 0 Å². The molecule has 2 aromatic rings. The summed E-state index contributed by atoms with van der Waals surface area (Å²) in [5.41, 5.74) is 3.67. The second-order valence-electron chi connectivity index (χ2n) is 5.00. The Bertz CT molecular complexity index is 672. The number of urea groups is 1. The summed E-state index contributed by atoms with van der Waals surface area (Å²) in [4.78, 5) is 11.9. The van der Waals surface area contributed by atoms with Crippen molar-refractivity contribution < 1.29 is 9.18 Å². The van der Waals surface area contributed by atoms with Gasteiger partial charge in [0.1, 0.15) is 5.82 Å². The van der Waals surface area contributed by atoms with Gasteiger partial charge in [0.15, 0.2) is 0 Å². The first-order valence-corrected chi connectivity index (χ1v) is 6.87. The smallest absolute Gasteiger partial charge is 0.312 e. The predicted molar refractivity (Wildman–Crippen MR) is 80.9 cm³/mol. The van der Waals surface area contributed by atoms with Gasteiger partial charge < -0.3 is 16.0 Å². The van der Waals surface area contributed by atoms with Crippen LogP contribution in [-0.2, 0) is 13.0 Å². The van der Waals surface area contributed by atoms with E-state index in [4.69, 9.17) is 0 Å². The summed E-state index contributed by atoms with van der Waals surface area (Å²) in [5.74, 6) is -0.380. The van der Waals surface area contributed by atoms with Gasteiger partial charge in [-0.2, -0.15) is 0 Å². The Kier molecular flexibility index (Phi) is 3.83. The van der Waals surface area contributed by atoms with Gasteiger partial charge in [-0.1, -0.05) is 12.1 Å². The van der Waals surface area contributed by atoms with E-state index in [0.717, 1.165) is 25.2 Å². The van der Waals surface area contributed by atoms with E-state index in [1.54, 1.807) is 12.1 Å². The summed E-state index contributed by atoms with van der Waals surface area (Å²) in [7, 11) is 0. The number of rotatable bonds is 2. The molecule has 0 saturated heterocycles. The summed E-state index contributed by atoms with van der Waals surface area (Å²) in [5, 5.41) is 8.68. The van der Waals surface area contributed by atoms with Gasteiger partial charge in [-0.05, 0) is 54.4 Å². The quantitative estimate of drug-likeness (QED) is 0.794. The number of halogens is 1. The zero-order chi connectivity index (χ0) is 14.7. The van der Waals surface area contributed by atoms with E-state index >= 15 is 0 Å². The number of carbonyl (C=O) groups is 1. The first-order valence-electron chi connectivity index (χ1n) is 6.87. The van der Waals surface area contributed by atoms with Gasteiger partial charge in [-0.15, -0.1) is 0 Å². The lowest BCUT2D eigenvalue weighted by Gasteiger charge is -2.18. The Morgan fingerprint density at radius 1 is 1.05 bits per heavy atom. The minimum atomic E-state index is -0.380. The molecule has 5 heteroatoms. The first kappa shape index (κ1) is 13.6. The molecular formula is C16H16FN3O. The highest BCUT2D eigenvalue weighted by molar-refractivity contribution is 5.99. The standard InChI is InChI=1S/C16H16FN3O/c17-13-2-1-3-14(9-13)19-16(21)20-15-5-4-12-10-18-7-6-11(12)8-15/h1-5,8-9,18H,6-7,10H2,(H2,19,20,21). The number of nitrogens with one attached hydrogen (secondary N) is 3. The van der Waals surface area contributed by atoms with Crippen LogP contribution in [0.4, 0.5) is 20.6 Å². The van der Waals surface area contributed by atoms with Crippen molar-refractivity contribution in [3.8, 4) is 0 Å². The van der Waals surface area contributed by atoms with E-state index < -0.39 is 0 Å². The number of fused-ring (bicyclic) bond motifs is 1. The fourth-order valence-corrected chi connectivity index (χ4v) is 2.41. The number of hydrogen-bond donors (Lipinski definition) is 3. The highest BCUT2D eigenvalue weighted by atomic mass is 19.1. The maximum Gasteiger partial charge on any atom is 0.323 e. The van der Waals surface area contributed by atoms with Crippen LogP contribution in [-0.4, -0.2) is 12.6 Å². The first-order chi connectivity index (χ1) is 10.2. The molecule has 0 saturated carbocycles. The molecule has 0 unspecified atom stereocenters. The van der Waals surface area contributed by atoms with E-state index in [2.05, 4.69) is 16.0 Å². The molecule has 0 radical (unpaired) electrons. The van der Waals surface area contributed by atoms with Crippen molar-refractivity contribution in [2.75, 3.05) is 17.2 Å². The maximum atomic E-state index is 13.1. The fraction of sp³-hybridized carbons (Fsp3) is 0.188. The van der Waals surface area contributed by atoms with Crippen LogP contribution >= 0.6 is 0 Å². The van der Waals surface area contributed by atoms with Gasteiger partial charge in [-0.3, -0.25) is 0 Å². The van der Waals surface area contributed by atoms with E-state index in [9.17, 15) is 9.18 Å². The highest BCUT2D eigenvalue weighted by Crippen LogP contribution is 2.19.